The van der Waals surface area contributed by atoms with E-state index in [0.717, 1.165) is 43.5 Å². The summed E-state index contributed by atoms with van der Waals surface area (Å²) in [5.41, 5.74) is 4.22. The highest BCUT2D eigenvalue weighted by Crippen LogP contribution is 2.17. The van der Waals surface area contributed by atoms with Crippen LogP contribution in [0.1, 0.15) is 0 Å². The van der Waals surface area contributed by atoms with Crippen LogP contribution in [0.5, 0.6) is 0 Å². The molecule has 7 heteroatoms. The van der Waals surface area contributed by atoms with Crippen LogP contribution in [0.25, 0.3) is 5.65 Å². The van der Waals surface area contributed by atoms with Crippen molar-refractivity contribution >= 4 is 17.3 Å². The highest BCUT2D eigenvalue weighted by Gasteiger charge is 2.16. The maximum Gasteiger partial charge on any atom is 0.186 e. The fourth-order valence-corrected chi connectivity index (χ4v) is 2.20. The van der Waals surface area contributed by atoms with Gasteiger partial charge in [-0.05, 0) is 7.05 Å². The Balaban J connectivity index is 1.85. The minimum absolute atomic E-state index is 0.793. The Morgan fingerprint density at radius 2 is 2.00 bits per heavy atom. The van der Waals surface area contributed by atoms with Crippen molar-refractivity contribution in [2.75, 3.05) is 51.0 Å². The Kier molecular flexibility index (Phi) is 3.22. The van der Waals surface area contributed by atoms with Crippen molar-refractivity contribution in [1.29, 1.82) is 0 Å². The minimum Gasteiger partial charge on any atom is -0.372 e. The standard InChI is InChI=1S/C12H19N7/c1-13-10-9-18-4-3-14-12(18)11(15-10)16-19-7-5-17(2)6-8-19/h3-4,9,13H,5-8H2,1-2H3,(H,15,16). The van der Waals surface area contributed by atoms with E-state index in [4.69, 9.17) is 0 Å². The number of aromatic nitrogens is 3. The average molecular weight is 261 g/mol. The molecule has 2 aromatic rings. The maximum absolute atomic E-state index is 4.54. The highest BCUT2D eigenvalue weighted by molar-refractivity contribution is 5.64. The van der Waals surface area contributed by atoms with Gasteiger partial charge in [-0.15, -0.1) is 0 Å². The number of likely N-dealkylation sites (N-methyl/N-ethyl adjacent to an activating group) is 1. The van der Waals surface area contributed by atoms with Crippen molar-refractivity contribution in [3.05, 3.63) is 18.6 Å². The molecule has 0 saturated carbocycles. The van der Waals surface area contributed by atoms with E-state index in [1.165, 1.54) is 0 Å². The van der Waals surface area contributed by atoms with Gasteiger partial charge in [0.2, 0.25) is 0 Å². The monoisotopic (exact) mass is 261 g/mol. The van der Waals surface area contributed by atoms with Gasteiger partial charge in [0.15, 0.2) is 11.5 Å². The zero-order valence-electron chi connectivity index (χ0n) is 11.3. The zero-order chi connectivity index (χ0) is 13.2. The fourth-order valence-electron chi connectivity index (χ4n) is 2.20. The predicted molar refractivity (Wildman–Crippen MR) is 75.2 cm³/mol. The van der Waals surface area contributed by atoms with Crippen molar-refractivity contribution in [2.45, 2.75) is 0 Å². The number of fused-ring (bicyclic) bond motifs is 1. The van der Waals surface area contributed by atoms with Gasteiger partial charge in [0.25, 0.3) is 0 Å². The molecule has 1 aliphatic rings. The Hall–Kier alpha value is -1.86. The van der Waals surface area contributed by atoms with E-state index in [1.807, 2.05) is 23.8 Å². The largest absolute Gasteiger partial charge is 0.372 e. The molecule has 3 rings (SSSR count). The second-order valence-corrected chi connectivity index (χ2v) is 4.78. The van der Waals surface area contributed by atoms with Gasteiger partial charge in [-0.1, -0.05) is 0 Å². The normalized spacial score (nSPS) is 17.8. The van der Waals surface area contributed by atoms with Gasteiger partial charge in [-0.2, -0.15) is 0 Å². The molecule has 0 aromatic carbocycles. The van der Waals surface area contributed by atoms with Gasteiger partial charge in [0, 0.05) is 45.6 Å². The van der Waals surface area contributed by atoms with Crippen LogP contribution in [0.15, 0.2) is 18.6 Å². The number of anilines is 2. The van der Waals surface area contributed by atoms with Gasteiger partial charge in [-0.25, -0.2) is 15.0 Å². The quantitative estimate of drug-likeness (QED) is 0.831. The van der Waals surface area contributed by atoms with E-state index < -0.39 is 0 Å². The lowest BCUT2D eigenvalue weighted by molar-refractivity contribution is 0.178. The van der Waals surface area contributed by atoms with Crippen molar-refractivity contribution in [1.82, 2.24) is 24.3 Å². The van der Waals surface area contributed by atoms with E-state index in [-0.39, 0.29) is 0 Å². The molecular formula is C12H19N7. The number of nitrogens with one attached hydrogen (secondary N) is 2. The first-order valence-corrected chi connectivity index (χ1v) is 6.48. The molecule has 1 fully saturated rings. The van der Waals surface area contributed by atoms with Gasteiger partial charge in [0.1, 0.15) is 5.82 Å². The van der Waals surface area contributed by atoms with Crippen molar-refractivity contribution in [3.63, 3.8) is 0 Å². The van der Waals surface area contributed by atoms with Gasteiger partial charge in [0.05, 0.1) is 6.20 Å². The number of hydrogen-bond donors (Lipinski definition) is 2. The van der Waals surface area contributed by atoms with E-state index in [9.17, 15) is 0 Å². The Morgan fingerprint density at radius 3 is 2.74 bits per heavy atom. The lowest BCUT2D eigenvalue weighted by Gasteiger charge is -2.32. The average Bonchev–Trinajstić information content (AvgIpc) is 2.89. The topological polar surface area (TPSA) is 60.7 Å². The van der Waals surface area contributed by atoms with Crippen LogP contribution in [0.3, 0.4) is 0 Å². The Bertz CT molecular complexity index is 556. The van der Waals surface area contributed by atoms with Crippen LogP contribution in [0.4, 0.5) is 11.6 Å². The van der Waals surface area contributed by atoms with Crippen LogP contribution >= 0.6 is 0 Å². The summed E-state index contributed by atoms with van der Waals surface area (Å²) in [6, 6.07) is 0. The molecular weight excluding hydrogens is 242 g/mol. The summed E-state index contributed by atoms with van der Waals surface area (Å²) >= 11 is 0. The van der Waals surface area contributed by atoms with E-state index in [0.29, 0.717) is 0 Å². The van der Waals surface area contributed by atoms with Crippen molar-refractivity contribution in [3.8, 4) is 0 Å². The maximum atomic E-state index is 4.54. The third-order valence-corrected chi connectivity index (χ3v) is 3.40. The third kappa shape index (κ3) is 2.47. The predicted octanol–water partition coefficient (Wildman–Crippen LogP) is 0.345. The first-order chi connectivity index (χ1) is 9.26. The Labute approximate surface area is 112 Å². The SMILES string of the molecule is CNc1cn2ccnc2c(NN2CCN(C)CC2)n1. The number of piperazine rings is 1. The first-order valence-electron chi connectivity index (χ1n) is 6.48. The smallest absolute Gasteiger partial charge is 0.186 e. The van der Waals surface area contributed by atoms with Gasteiger partial charge >= 0.3 is 0 Å². The van der Waals surface area contributed by atoms with Crippen LogP contribution in [-0.4, -0.2) is 64.6 Å². The number of hydrazine groups is 1. The highest BCUT2D eigenvalue weighted by atomic mass is 15.5. The zero-order valence-corrected chi connectivity index (χ0v) is 11.3. The first kappa shape index (κ1) is 12.2. The second-order valence-electron chi connectivity index (χ2n) is 4.78. The number of hydrogen-bond acceptors (Lipinski definition) is 6. The molecule has 0 atom stereocenters. The molecule has 3 heterocycles. The van der Waals surface area contributed by atoms with Gasteiger partial charge in [-0.3, -0.25) is 5.43 Å². The summed E-state index contributed by atoms with van der Waals surface area (Å²) in [6.45, 7) is 4.08. The molecule has 2 N–H and O–H groups in total. The number of imidazole rings is 1. The summed E-state index contributed by atoms with van der Waals surface area (Å²) in [5, 5.41) is 5.26. The van der Waals surface area contributed by atoms with E-state index in [2.05, 4.69) is 37.7 Å². The summed E-state index contributed by atoms with van der Waals surface area (Å²) in [4.78, 5) is 11.2. The fraction of sp³-hybridized carbons (Fsp3) is 0.500. The Morgan fingerprint density at radius 1 is 1.21 bits per heavy atom. The molecule has 0 spiro atoms. The second kappa shape index (κ2) is 5.02. The lowest BCUT2D eigenvalue weighted by atomic mass is 10.4. The molecule has 0 amide bonds. The number of nitrogens with zero attached hydrogens (tertiary/aromatic N) is 5. The van der Waals surface area contributed by atoms with E-state index >= 15 is 0 Å². The summed E-state index contributed by atoms with van der Waals surface area (Å²) in [6.07, 6.45) is 5.64. The van der Waals surface area contributed by atoms with E-state index in [1.54, 1.807) is 6.20 Å². The molecule has 0 unspecified atom stereocenters. The number of rotatable bonds is 3. The molecule has 2 aromatic heterocycles. The summed E-state index contributed by atoms with van der Waals surface area (Å²) in [7, 11) is 4.01. The van der Waals surface area contributed by atoms with Crippen LogP contribution in [0, 0.1) is 0 Å². The minimum atomic E-state index is 0.793. The van der Waals surface area contributed by atoms with Crippen molar-refractivity contribution < 1.29 is 0 Å². The lowest BCUT2D eigenvalue weighted by Crippen LogP contribution is -2.47. The van der Waals surface area contributed by atoms with Crippen molar-refractivity contribution in [2.24, 2.45) is 0 Å². The molecule has 0 bridgehead atoms. The molecule has 7 nitrogen and oxygen atoms in total. The molecule has 0 aliphatic carbocycles. The van der Waals surface area contributed by atoms with Gasteiger partial charge < -0.3 is 14.6 Å². The third-order valence-electron chi connectivity index (χ3n) is 3.40. The van der Waals surface area contributed by atoms with Crippen LogP contribution < -0.4 is 10.7 Å². The molecule has 0 radical (unpaired) electrons. The molecule has 19 heavy (non-hydrogen) atoms. The van der Waals surface area contributed by atoms with Crippen LogP contribution in [-0.2, 0) is 0 Å². The summed E-state index contributed by atoms with van der Waals surface area (Å²) < 4.78 is 1.97. The van der Waals surface area contributed by atoms with Crippen LogP contribution in [0.2, 0.25) is 0 Å². The molecule has 1 aliphatic heterocycles. The summed E-state index contributed by atoms with van der Waals surface area (Å²) in [5.74, 6) is 1.61. The molecule has 1 saturated heterocycles. The molecule has 102 valence electrons.